The van der Waals surface area contributed by atoms with Gasteiger partial charge in [-0.15, -0.1) is 0 Å². The molecule has 3 saturated carbocycles. The first-order chi connectivity index (χ1) is 7.59. The van der Waals surface area contributed by atoms with Crippen LogP contribution in [0.25, 0.3) is 0 Å². The van der Waals surface area contributed by atoms with Crippen molar-refractivity contribution >= 4 is 17.7 Å². The monoisotopic (exact) mass is 222 g/mol. The first-order valence-electron chi connectivity index (χ1n) is 5.74. The fraction of sp³-hybridized carbons (Fsp3) is 0.727. The highest BCUT2D eigenvalue weighted by Crippen LogP contribution is 2.64. The van der Waals surface area contributed by atoms with Crippen LogP contribution in [-0.4, -0.2) is 23.8 Å². The number of piperidine rings is 1. The lowest BCUT2D eigenvalue weighted by molar-refractivity contribution is -0.167. The van der Waals surface area contributed by atoms with Gasteiger partial charge in [0.05, 0.1) is 0 Å². The van der Waals surface area contributed by atoms with E-state index in [-0.39, 0.29) is 23.1 Å². The molecule has 1 atom stereocenters. The number of nitrogens with one attached hydrogen (secondary N) is 2. The van der Waals surface area contributed by atoms with E-state index < -0.39 is 6.04 Å². The molecule has 4 aliphatic rings. The van der Waals surface area contributed by atoms with E-state index in [2.05, 4.69) is 10.6 Å². The number of hydrogen-bond donors (Lipinski definition) is 2. The Kier molecular flexibility index (Phi) is 1.87. The number of carbonyl (C=O) groups excluding carboxylic acids is 3. The van der Waals surface area contributed by atoms with Crippen LogP contribution in [0.2, 0.25) is 0 Å². The zero-order valence-corrected chi connectivity index (χ0v) is 8.91. The van der Waals surface area contributed by atoms with Gasteiger partial charge in [-0.05, 0) is 31.6 Å². The maximum atomic E-state index is 11.9. The van der Waals surface area contributed by atoms with Gasteiger partial charge < -0.3 is 5.32 Å². The maximum absolute atomic E-state index is 11.9. The minimum absolute atomic E-state index is 0.00417. The number of imide groups is 1. The molecule has 0 aromatic heterocycles. The Labute approximate surface area is 93.0 Å². The lowest BCUT2D eigenvalue weighted by Crippen LogP contribution is -2.63. The number of hydrogen-bond acceptors (Lipinski definition) is 3. The van der Waals surface area contributed by atoms with Crippen LogP contribution < -0.4 is 10.6 Å². The Hall–Kier alpha value is -1.39. The summed E-state index contributed by atoms with van der Waals surface area (Å²) in [7, 11) is 0. The van der Waals surface area contributed by atoms with Crippen LogP contribution in [0.1, 0.15) is 32.1 Å². The highest BCUT2D eigenvalue weighted by molar-refractivity contribution is 6.02. The quantitative estimate of drug-likeness (QED) is 0.630. The highest BCUT2D eigenvalue weighted by atomic mass is 16.2. The first kappa shape index (κ1) is 9.81. The van der Waals surface area contributed by atoms with Gasteiger partial charge in [-0.25, -0.2) is 0 Å². The molecule has 5 heteroatoms. The predicted octanol–water partition coefficient (Wildman–Crippen LogP) is -0.292. The van der Waals surface area contributed by atoms with Crippen molar-refractivity contribution in [1.29, 1.82) is 0 Å². The largest absolute Gasteiger partial charge is 0.344 e. The SMILES string of the molecule is O=C1CCC(NC(=O)C23CC(C2)C3)C(=O)N1. The standard InChI is InChI=1S/C11H14N2O3/c14-8-2-1-7(9(15)13-8)12-10(16)11-3-6(4-11)5-11/h6-7H,1-5H2,(H,12,16)(H,13,14,15). The van der Waals surface area contributed by atoms with Crippen LogP contribution in [0, 0.1) is 11.3 Å². The van der Waals surface area contributed by atoms with Crippen LogP contribution in [0.15, 0.2) is 0 Å². The summed E-state index contributed by atoms with van der Waals surface area (Å²) in [6.07, 6.45) is 3.67. The van der Waals surface area contributed by atoms with Crippen molar-refractivity contribution in [3.05, 3.63) is 0 Å². The molecule has 0 spiro atoms. The van der Waals surface area contributed by atoms with Crippen molar-refractivity contribution in [2.24, 2.45) is 11.3 Å². The van der Waals surface area contributed by atoms with Gasteiger partial charge >= 0.3 is 0 Å². The molecule has 4 fully saturated rings. The molecule has 16 heavy (non-hydrogen) atoms. The Balaban J connectivity index is 1.60. The van der Waals surface area contributed by atoms with Crippen LogP contribution in [0.4, 0.5) is 0 Å². The summed E-state index contributed by atoms with van der Waals surface area (Å²) in [4.78, 5) is 34.3. The predicted molar refractivity (Wildman–Crippen MR) is 54.1 cm³/mol. The third kappa shape index (κ3) is 1.27. The Morgan fingerprint density at radius 2 is 2.00 bits per heavy atom. The van der Waals surface area contributed by atoms with E-state index in [1.54, 1.807) is 0 Å². The molecule has 3 aliphatic carbocycles. The molecule has 1 heterocycles. The van der Waals surface area contributed by atoms with Crippen LogP contribution >= 0.6 is 0 Å². The van der Waals surface area contributed by atoms with Gasteiger partial charge in [0.1, 0.15) is 6.04 Å². The summed E-state index contributed by atoms with van der Waals surface area (Å²) in [5, 5.41) is 5.01. The van der Waals surface area contributed by atoms with E-state index in [9.17, 15) is 14.4 Å². The minimum Gasteiger partial charge on any atom is -0.344 e. The summed E-state index contributed by atoms with van der Waals surface area (Å²) < 4.78 is 0. The van der Waals surface area contributed by atoms with Crippen molar-refractivity contribution in [3.8, 4) is 0 Å². The maximum Gasteiger partial charge on any atom is 0.249 e. The molecule has 2 N–H and O–H groups in total. The van der Waals surface area contributed by atoms with Crippen LogP contribution in [0.5, 0.6) is 0 Å². The molecular formula is C11H14N2O3. The number of rotatable bonds is 2. The van der Waals surface area contributed by atoms with Crippen molar-refractivity contribution in [2.75, 3.05) is 0 Å². The molecule has 86 valence electrons. The summed E-state index contributed by atoms with van der Waals surface area (Å²) in [6, 6.07) is -0.515. The average molecular weight is 222 g/mol. The van der Waals surface area contributed by atoms with Crippen molar-refractivity contribution in [1.82, 2.24) is 10.6 Å². The molecule has 5 nitrogen and oxygen atoms in total. The van der Waals surface area contributed by atoms with Crippen LogP contribution in [-0.2, 0) is 14.4 Å². The molecular weight excluding hydrogens is 208 g/mol. The van der Waals surface area contributed by atoms with Gasteiger partial charge in [-0.2, -0.15) is 0 Å². The van der Waals surface area contributed by atoms with E-state index >= 15 is 0 Å². The molecule has 0 aromatic carbocycles. The Morgan fingerprint density at radius 1 is 1.31 bits per heavy atom. The first-order valence-corrected chi connectivity index (χ1v) is 5.74. The second-order valence-corrected chi connectivity index (χ2v) is 5.24. The summed E-state index contributed by atoms with van der Waals surface area (Å²) in [6.45, 7) is 0. The third-order valence-electron chi connectivity index (χ3n) is 4.06. The second-order valence-electron chi connectivity index (χ2n) is 5.24. The molecule has 0 aromatic rings. The molecule has 4 rings (SSSR count). The van der Waals surface area contributed by atoms with Crippen LogP contribution in [0.3, 0.4) is 0 Å². The van der Waals surface area contributed by atoms with Crippen molar-refractivity contribution in [3.63, 3.8) is 0 Å². The zero-order chi connectivity index (χ0) is 11.3. The Bertz CT molecular complexity index is 374. The average Bonchev–Trinajstić information content (AvgIpc) is 2.04. The molecule has 2 bridgehead atoms. The second kappa shape index (κ2) is 3.06. The fourth-order valence-electron chi connectivity index (χ4n) is 2.90. The van der Waals surface area contributed by atoms with Crippen molar-refractivity contribution in [2.45, 2.75) is 38.1 Å². The minimum atomic E-state index is -0.515. The molecule has 3 amide bonds. The summed E-state index contributed by atoms with van der Waals surface area (Å²) >= 11 is 0. The topological polar surface area (TPSA) is 75.3 Å². The van der Waals surface area contributed by atoms with Gasteiger partial charge in [0.2, 0.25) is 17.7 Å². The molecule has 1 saturated heterocycles. The van der Waals surface area contributed by atoms with Gasteiger partial charge in [0.25, 0.3) is 0 Å². The lowest BCUT2D eigenvalue weighted by atomic mass is 9.44. The van der Waals surface area contributed by atoms with E-state index in [1.807, 2.05) is 0 Å². The normalized spacial score (nSPS) is 40.5. The van der Waals surface area contributed by atoms with Gasteiger partial charge in [0.15, 0.2) is 0 Å². The Morgan fingerprint density at radius 3 is 2.50 bits per heavy atom. The molecule has 0 radical (unpaired) electrons. The third-order valence-corrected chi connectivity index (χ3v) is 4.06. The zero-order valence-electron chi connectivity index (χ0n) is 8.91. The van der Waals surface area contributed by atoms with Crippen molar-refractivity contribution < 1.29 is 14.4 Å². The molecule has 1 unspecified atom stereocenters. The highest BCUT2D eigenvalue weighted by Gasteiger charge is 2.61. The van der Waals surface area contributed by atoms with Gasteiger partial charge in [-0.3, -0.25) is 19.7 Å². The summed E-state index contributed by atoms with van der Waals surface area (Å²) in [5.74, 6) is 0.134. The van der Waals surface area contributed by atoms with E-state index in [0.29, 0.717) is 12.8 Å². The van der Waals surface area contributed by atoms with Gasteiger partial charge in [0, 0.05) is 11.8 Å². The van der Waals surface area contributed by atoms with E-state index in [0.717, 1.165) is 25.2 Å². The van der Waals surface area contributed by atoms with E-state index in [1.165, 1.54) is 0 Å². The number of carbonyl (C=O) groups is 3. The summed E-state index contributed by atoms with van der Waals surface area (Å²) in [5.41, 5.74) is -0.160. The smallest absolute Gasteiger partial charge is 0.249 e. The fourth-order valence-corrected chi connectivity index (χ4v) is 2.90. The van der Waals surface area contributed by atoms with E-state index in [4.69, 9.17) is 0 Å². The number of amides is 3. The lowest BCUT2D eigenvalue weighted by Gasteiger charge is -2.60. The molecule has 1 aliphatic heterocycles. The van der Waals surface area contributed by atoms with Gasteiger partial charge in [-0.1, -0.05) is 0 Å².